The summed E-state index contributed by atoms with van der Waals surface area (Å²) in [4.78, 5) is 2.18. The van der Waals surface area contributed by atoms with E-state index in [4.69, 9.17) is 4.74 Å². The van der Waals surface area contributed by atoms with Gasteiger partial charge in [0.2, 0.25) is 0 Å². The molecule has 1 aliphatic heterocycles. The van der Waals surface area contributed by atoms with Crippen LogP contribution in [-0.2, 0) is 4.74 Å². The third kappa shape index (κ3) is 2.42. The predicted octanol–water partition coefficient (Wildman–Crippen LogP) is 3.41. The summed E-state index contributed by atoms with van der Waals surface area (Å²) in [6.45, 7) is 0.917. The fourth-order valence-electron chi connectivity index (χ4n) is 2.71. The minimum absolute atomic E-state index is 0.0716. The van der Waals surface area contributed by atoms with Gasteiger partial charge >= 0.3 is 0 Å². The first kappa shape index (κ1) is 12.4. The summed E-state index contributed by atoms with van der Waals surface area (Å²) in [6.07, 6.45) is 0.235. The van der Waals surface area contributed by atoms with Crippen LogP contribution in [-0.4, -0.2) is 25.5 Å². The highest BCUT2D eigenvalue weighted by atomic mass is 16.5. The Bertz CT molecular complexity index is 550. The third-order valence-electron chi connectivity index (χ3n) is 3.56. The van der Waals surface area contributed by atoms with E-state index in [-0.39, 0.29) is 12.2 Å². The second kappa shape index (κ2) is 5.16. The Labute approximate surface area is 114 Å². The maximum Gasteiger partial charge on any atom is 0.109 e. The van der Waals surface area contributed by atoms with Crippen molar-refractivity contribution >= 4 is 0 Å². The molecule has 2 nitrogen and oxygen atoms in total. The summed E-state index contributed by atoms with van der Waals surface area (Å²) in [7, 11) is 4.17. The lowest BCUT2D eigenvalue weighted by molar-refractivity contribution is 0.0188. The number of likely N-dealkylation sites (N-methyl/N-ethyl adjacent to an activating group) is 1. The Kier molecular flexibility index (Phi) is 3.36. The van der Waals surface area contributed by atoms with E-state index >= 15 is 0 Å². The molecule has 2 heteroatoms. The highest BCUT2D eigenvalue weighted by molar-refractivity contribution is 5.40. The van der Waals surface area contributed by atoms with Gasteiger partial charge in [-0.2, -0.15) is 0 Å². The molecular weight excluding hydrogens is 234 g/mol. The average Bonchev–Trinajstić information content (AvgIpc) is 2.78. The molecule has 1 heterocycles. The molecule has 2 atom stereocenters. The Morgan fingerprint density at radius 3 is 2.21 bits per heavy atom. The molecule has 0 aromatic heterocycles. The van der Waals surface area contributed by atoms with Gasteiger partial charge in [-0.25, -0.2) is 0 Å². The van der Waals surface area contributed by atoms with Gasteiger partial charge in [-0.1, -0.05) is 54.6 Å². The van der Waals surface area contributed by atoms with Gasteiger partial charge in [-0.3, -0.25) is 0 Å². The lowest BCUT2D eigenvalue weighted by atomic mass is 9.97. The number of hydrogen-bond acceptors (Lipinski definition) is 2. The van der Waals surface area contributed by atoms with E-state index in [0.29, 0.717) is 0 Å². The monoisotopic (exact) mass is 253 g/mol. The van der Waals surface area contributed by atoms with E-state index in [9.17, 15) is 0 Å². The second-order valence-electron chi connectivity index (χ2n) is 5.31. The molecule has 2 aromatic rings. The maximum atomic E-state index is 6.29. The molecule has 0 saturated carbocycles. The van der Waals surface area contributed by atoms with Crippen molar-refractivity contribution in [1.82, 2.24) is 4.90 Å². The fourth-order valence-corrected chi connectivity index (χ4v) is 2.71. The van der Waals surface area contributed by atoms with Gasteiger partial charge in [0.15, 0.2) is 0 Å². The number of benzene rings is 2. The number of rotatable bonds is 3. The van der Waals surface area contributed by atoms with Crippen LogP contribution in [0.25, 0.3) is 0 Å². The van der Waals surface area contributed by atoms with Crippen LogP contribution >= 0.6 is 0 Å². The van der Waals surface area contributed by atoms with E-state index in [1.807, 2.05) is 6.07 Å². The molecule has 19 heavy (non-hydrogen) atoms. The summed E-state index contributed by atoms with van der Waals surface area (Å²) < 4.78 is 6.29. The zero-order chi connectivity index (χ0) is 13.2. The summed E-state index contributed by atoms with van der Waals surface area (Å²) >= 11 is 0. The van der Waals surface area contributed by atoms with E-state index in [1.54, 1.807) is 0 Å². The van der Waals surface area contributed by atoms with Crippen molar-refractivity contribution < 1.29 is 4.74 Å². The highest BCUT2D eigenvalue weighted by Crippen LogP contribution is 2.42. The third-order valence-corrected chi connectivity index (χ3v) is 3.56. The Morgan fingerprint density at radius 2 is 1.53 bits per heavy atom. The van der Waals surface area contributed by atoms with Gasteiger partial charge in [0, 0.05) is 6.54 Å². The summed E-state index contributed by atoms with van der Waals surface area (Å²) in [6, 6.07) is 19.0. The van der Waals surface area contributed by atoms with Crippen LogP contribution in [0.5, 0.6) is 0 Å². The normalized spacial score (nSPS) is 21.6. The van der Waals surface area contributed by atoms with E-state index in [1.165, 1.54) is 16.7 Å². The van der Waals surface area contributed by atoms with Gasteiger partial charge in [-0.05, 0) is 30.8 Å². The highest BCUT2D eigenvalue weighted by Gasteiger charge is 2.32. The first-order chi connectivity index (χ1) is 9.25. The Balaban J connectivity index is 1.97. The van der Waals surface area contributed by atoms with Gasteiger partial charge < -0.3 is 9.64 Å². The van der Waals surface area contributed by atoms with Crippen molar-refractivity contribution in [3.63, 3.8) is 0 Å². The largest absolute Gasteiger partial charge is 0.360 e. The van der Waals surface area contributed by atoms with Crippen molar-refractivity contribution in [3.8, 4) is 0 Å². The van der Waals surface area contributed by atoms with Crippen LogP contribution < -0.4 is 0 Å². The Morgan fingerprint density at radius 1 is 0.895 bits per heavy atom. The van der Waals surface area contributed by atoms with Crippen LogP contribution in [0.15, 0.2) is 54.6 Å². The van der Waals surface area contributed by atoms with Crippen molar-refractivity contribution in [3.05, 3.63) is 71.3 Å². The number of ether oxygens (including phenoxy) is 1. The second-order valence-corrected chi connectivity index (χ2v) is 5.31. The average molecular weight is 253 g/mol. The van der Waals surface area contributed by atoms with E-state index < -0.39 is 0 Å². The van der Waals surface area contributed by atoms with E-state index in [2.05, 4.69) is 67.5 Å². The number of fused-ring (bicyclic) bond motifs is 1. The maximum absolute atomic E-state index is 6.29. The predicted molar refractivity (Wildman–Crippen MR) is 77.1 cm³/mol. The van der Waals surface area contributed by atoms with Crippen molar-refractivity contribution in [2.75, 3.05) is 20.6 Å². The molecule has 0 spiro atoms. The summed E-state index contributed by atoms with van der Waals surface area (Å²) in [5.74, 6) is 0. The molecule has 0 aliphatic carbocycles. The molecule has 0 radical (unpaired) electrons. The van der Waals surface area contributed by atoms with Gasteiger partial charge in [0.1, 0.15) is 6.10 Å². The van der Waals surface area contributed by atoms with Gasteiger partial charge in [-0.15, -0.1) is 0 Å². The first-order valence-corrected chi connectivity index (χ1v) is 6.69. The van der Waals surface area contributed by atoms with Crippen LogP contribution in [0.2, 0.25) is 0 Å². The topological polar surface area (TPSA) is 12.5 Å². The molecule has 0 saturated heterocycles. The number of hydrogen-bond donors (Lipinski definition) is 0. The molecule has 0 bridgehead atoms. The minimum Gasteiger partial charge on any atom is -0.360 e. The minimum atomic E-state index is 0.0716. The number of nitrogens with zero attached hydrogens (tertiary/aromatic N) is 1. The quantitative estimate of drug-likeness (QED) is 0.831. The zero-order valence-electron chi connectivity index (χ0n) is 11.4. The smallest absolute Gasteiger partial charge is 0.109 e. The molecule has 0 fully saturated rings. The molecule has 98 valence electrons. The van der Waals surface area contributed by atoms with Crippen LogP contribution in [0, 0.1) is 0 Å². The molecular formula is C17H19NO. The van der Waals surface area contributed by atoms with Crippen LogP contribution in [0.4, 0.5) is 0 Å². The summed E-state index contributed by atoms with van der Waals surface area (Å²) in [5.41, 5.74) is 3.86. The summed E-state index contributed by atoms with van der Waals surface area (Å²) in [5, 5.41) is 0. The fraction of sp³-hybridized carbons (Fsp3) is 0.294. The first-order valence-electron chi connectivity index (χ1n) is 6.69. The van der Waals surface area contributed by atoms with E-state index in [0.717, 1.165) is 6.54 Å². The van der Waals surface area contributed by atoms with Crippen molar-refractivity contribution in [2.24, 2.45) is 0 Å². The van der Waals surface area contributed by atoms with Crippen LogP contribution in [0.1, 0.15) is 28.9 Å². The zero-order valence-corrected chi connectivity index (χ0v) is 11.4. The molecule has 0 unspecified atom stereocenters. The standard InChI is InChI=1S/C17H19NO/c1-18(2)12-16-14-10-6-7-11-15(14)17(19-16)13-8-4-3-5-9-13/h3-11,16-17H,12H2,1-2H3/t16-,17+/m0/s1. The van der Waals surface area contributed by atoms with Gasteiger partial charge in [0.25, 0.3) is 0 Å². The van der Waals surface area contributed by atoms with Crippen molar-refractivity contribution in [1.29, 1.82) is 0 Å². The van der Waals surface area contributed by atoms with Gasteiger partial charge in [0.05, 0.1) is 6.10 Å². The molecule has 2 aromatic carbocycles. The SMILES string of the molecule is CN(C)C[C@@H]1O[C@H](c2ccccc2)c2ccccc21. The molecule has 0 N–H and O–H groups in total. The molecule has 0 amide bonds. The molecule has 3 rings (SSSR count). The lowest BCUT2D eigenvalue weighted by Gasteiger charge is -2.18. The van der Waals surface area contributed by atoms with Crippen LogP contribution in [0.3, 0.4) is 0 Å². The van der Waals surface area contributed by atoms with Crippen molar-refractivity contribution in [2.45, 2.75) is 12.2 Å². The Hall–Kier alpha value is -1.64. The lowest BCUT2D eigenvalue weighted by Crippen LogP contribution is -2.20. The molecule has 1 aliphatic rings.